The number of hydrogen-bond acceptors (Lipinski definition) is 3. The van der Waals surface area contributed by atoms with Crippen LogP contribution < -0.4 is 4.90 Å². The van der Waals surface area contributed by atoms with E-state index in [0.717, 1.165) is 31.6 Å². The van der Waals surface area contributed by atoms with E-state index in [1.165, 1.54) is 12.1 Å². The Bertz CT molecular complexity index is 464. The molecule has 2 rings (SSSR count). The first kappa shape index (κ1) is 15.9. The van der Waals surface area contributed by atoms with Crippen LogP contribution in [0.5, 0.6) is 0 Å². The van der Waals surface area contributed by atoms with Crippen LogP contribution in [0.4, 0.5) is 10.1 Å². The number of likely N-dealkylation sites (tertiary alicyclic amines) is 1. The average Bonchev–Trinajstić information content (AvgIpc) is 2.50. The van der Waals surface area contributed by atoms with Gasteiger partial charge in [-0.25, -0.2) is 4.39 Å². The summed E-state index contributed by atoms with van der Waals surface area (Å²) < 4.78 is 13.0. The van der Waals surface area contributed by atoms with E-state index in [4.69, 9.17) is 0 Å². The maximum Gasteiger partial charge on any atom is 0.241 e. The molecular weight excluding hydrogens is 271 g/mol. The van der Waals surface area contributed by atoms with E-state index in [2.05, 4.69) is 4.90 Å². The van der Waals surface area contributed by atoms with Gasteiger partial charge in [-0.2, -0.15) is 0 Å². The molecule has 21 heavy (non-hydrogen) atoms. The van der Waals surface area contributed by atoms with Crippen molar-refractivity contribution in [2.45, 2.75) is 19.8 Å². The third kappa shape index (κ3) is 4.25. The van der Waals surface area contributed by atoms with Gasteiger partial charge in [0.2, 0.25) is 5.91 Å². The number of piperidine rings is 1. The van der Waals surface area contributed by atoms with Crippen molar-refractivity contribution >= 4 is 11.6 Å². The lowest BCUT2D eigenvalue weighted by Gasteiger charge is -2.33. The number of hydrogen-bond donors (Lipinski definition) is 1. The number of aliphatic hydroxyl groups excluding tert-OH is 1. The highest BCUT2D eigenvalue weighted by Gasteiger charge is 2.23. The number of carbonyl (C=O) groups is 1. The standard InChI is InChI=1S/C16H23FN2O2/c1-2-19(15-7-5-14(17)6-8-15)16(21)11-18-9-3-4-13(10-18)12-20/h5-8,13,20H,2-4,9-12H2,1H3. The summed E-state index contributed by atoms with van der Waals surface area (Å²) in [7, 11) is 0. The monoisotopic (exact) mass is 294 g/mol. The van der Waals surface area contributed by atoms with Crippen LogP contribution in [0.25, 0.3) is 0 Å². The second kappa shape index (κ2) is 7.52. The molecule has 0 saturated carbocycles. The SMILES string of the molecule is CCN(C(=O)CN1CCCC(CO)C1)c1ccc(F)cc1. The summed E-state index contributed by atoms with van der Waals surface area (Å²) in [5.41, 5.74) is 0.722. The fraction of sp³-hybridized carbons (Fsp3) is 0.562. The molecule has 1 aliphatic heterocycles. The molecule has 1 heterocycles. The molecule has 1 atom stereocenters. The number of amides is 1. The van der Waals surface area contributed by atoms with Crippen molar-refractivity contribution in [2.24, 2.45) is 5.92 Å². The molecule has 1 aliphatic rings. The van der Waals surface area contributed by atoms with Crippen LogP contribution in [-0.4, -0.2) is 48.7 Å². The van der Waals surface area contributed by atoms with Crippen LogP contribution in [0.1, 0.15) is 19.8 Å². The summed E-state index contributed by atoms with van der Waals surface area (Å²) in [6.07, 6.45) is 2.04. The summed E-state index contributed by atoms with van der Waals surface area (Å²) in [5, 5.41) is 9.24. The molecule has 5 heteroatoms. The van der Waals surface area contributed by atoms with E-state index < -0.39 is 0 Å². The normalized spacial score (nSPS) is 19.5. The summed E-state index contributed by atoms with van der Waals surface area (Å²) in [4.78, 5) is 16.2. The van der Waals surface area contributed by atoms with Gasteiger partial charge in [-0.1, -0.05) is 0 Å². The number of carbonyl (C=O) groups excluding carboxylic acids is 1. The van der Waals surface area contributed by atoms with Gasteiger partial charge in [-0.3, -0.25) is 9.69 Å². The van der Waals surface area contributed by atoms with Gasteiger partial charge in [0.05, 0.1) is 6.54 Å². The number of likely N-dealkylation sites (N-methyl/N-ethyl adjacent to an activating group) is 1. The molecule has 0 bridgehead atoms. The van der Waals surface area contributed by atoms with E-state index in [9.17, 15) is 14.3 Å². The molecule has 0 aromatic heterocycles. The second-order valence-corrected chi connectivity index (χ2v) is 5.54. The molecule has 1 aromatic rings. The zero-order chi connectivity index (χ0) is 15.2. The van der Waals surface area contributed by atoms with Crippen LogP contribution in [0.3, 0.4) is 0 Å². The Hall–Kier alpha value is -1.46. The quantitative estimate of drug-likeness (QED) is 0.902. The average molecular weight is 294 g/mol. The number of nitrogens with zero attached hydrogens (tertiary/aromatic N) is 2. The van der Waals surface area contributed by atoms with Gasteiger partial charge >= 0.3 is 0 Å². The Labute approximate surface area is 125 Å². The van der Waals surface area contributed by atoms with E-state index >= 15 is 0 Å². The largest absolute Gasteiger partial charge is 0.396 e. The number of halogens is 1. The fourth-order valence-corrected chi connectivity index (χ4v) is 2.84. The van der Waals surface area contributed by atoms with Gasteiger partial charge in [0.15, 0.2) is 0 Å². The van der Waals surface area contributed by atoms with Gasteiger partial charge in [0, 0.05) is 25.4 Å². The maximum atomic E-state index is 13.0. The minimum absolute atomic E-state index is 0.0164. The molecule has 1 N–H and O–H groups in total. The number of aliphatic hydroxyl groups is 1. The van der Waals surface area contributed by atoms with Crippen LogP contribution in [0.15, 0.2) is 24.3 Å². The molecule has 4 nitrogen and oxygen atoms in total. The van der Waals surface area contributed by atoms with Crippen molar-refractivity contribution in [3.8, 4) is 0 Å². The first-order chi connectivity index (χ1) is 10.1. The van der Waals surface area contributed by atoms with Crippen LogP contribution >= 0.6 is 0 Å². The van der Waals surface area contributed by atoms with Crippen LogP contribution in [0.2, 0.25) is 0 Å². The van der Waals surface area contributed by atoms with Gasteiger partial charge in [0.1, 0.15) is 5.82 Å². The minimum atomic E-state index is -0.302. The van der Waals surface area contributed by atoms with Gasteiger partial charge in [-0.15, -0.1) is 0 Å². The molecule has 1 fully saturated rings. The van der Waals surface area contributed by atoms with Gasteiger partial charge in [-0.05, 0) is 56.5 Å². The summed E-state index contributed by atoms with van der Waals surface area (Å²) in [5.74, 6) is -0.0146. The van der Waals surface area contributed by atoms with Crippen molar-refractivity contribution in [1.29, 1.82) is 0 Å². The molecule has 1 amide bonds. The maximum absolute atomic E-state index is 13.0. The van der Waals surface area contributed by atoms with Crippen LogP contribution in [0, 0.1) is 11.7 Å². The minimum Gasteiger partial charge on any atom is -0.396 e. The first-order valence-corrected chi connectivity index (χ1v) is 7.53. The lowest BCUT2D eigenvalue weighted by Crippen LogP contribution is -2.45. The second-order valence-electron chi connectivity index (χ2n) is 5.54. The smallest absolute Gasteiger partial charge is 0.241 e. The summed E-state index contributed by atoms with van der Waals surface area (Å²) in [6.45, 7) is 4.66. The highest BCUT2D eigenvalue weighted by atomic mass is 19.1. The number of rotatable bonds is 5. The number of benzene rings is 1. The van der Waals surface area contributed by atoms with Crippen LogP contribution in [-0.2, 0) is 4.79 Å². The summed E-state index contributed by atoms with van der Waals surface area (Å²) >= 11 is 0. The topological polar surface area (TPSA) is 43.8 Å². The zero-order valence-electron chi connectivity index (χ0n) is 12.5. The van der Waals surface area contributed by atoms with Crippen molar-refractivity contribution in [1.82, 2.24) is 4.90 Å². The lowest BCUT2D eigenvalue weighted by atomic mass is 9.99. The van der Waals surface area contributed by atoms with E-state index in [1.54, 1.807) is 17.0 Å². The van der Waals surface area contributed by atoms with E-state index in [-0.39, 0.29) is 24.2 Å². The third-order valence-electron chi connectivity index (χ3n) is 3.98. The molecule has 1 aromatic carbocycles. The Kier molecular flexibility index (Phi) is 5.70. The summed E-state index contributed by atoms with van der Waals surface area (Å²) in [6, 6.07) is 5.99. The van der Waals surface area contributed by atoms with Crippen molar-refractivity contribution in [3.05, 3.63) is 30.1 Å². The zero-order valence-corrected chi connectivity index (χ0v) is 12.5. The highest BCUT2D eigenvalue weighted by molar-refractivity contribution is 5.94. The molecule has 0 radical (unpaired) electrons. The first-order valence-electron chi connectivity index (χ1n) is 7.53. The predicted molar refractivity (Wildman–Crippen MR) is 80.7 cm³/mol. The Morgan fingerprint density at radius 2 is 2.14 bits per heavy atom. The molecule has 0 aliphatic carbocycles. The molecule has 0 spiro atoms. The van der Waals surface area contributed by atoms with Gasteiger partial charge < -0.3 is 10.0 Å². The highest BCUT2D eigenvalue weighted by Crippen LogP contribution is 2.18. The predicted octanol–water partition coefficient (Wildman–Crippen LogP) is 1.88. The van der Waals surface area contributed by atoms with E-state index in [1.807, 2.05) is 6.92 Å². The lowest BCUT2D eigenvalue weighted by molar-refractivity contribution is -0.120. The van der Waals surface area contributed by atoms with Crippen molar-refractivity contribution in [3.63, 3.8) is 0 Å². The van der Waals surface area contributed by atoms with Crippen molar-refractivity contribution in [2.75, 3.05) is 37.7 Å². The third-order valence-corrected chi connectivity index (χ3v) is 3.98. The molecular formula is C16H23FN2O2. The number of anilines is 1. The fourth-order valence-electron chi connectivity index (χ4n) is 2.84. The Balaban J connectivity index is 1.98. The molecule has 116 valence electrons. The van der Waals surface area contributed by atoms with E-state index in [0.29, 0.717) is 13.1 Å². The molecule has 1 unspecified atom stereocenters. The Morgan fingerprint density at radius 1 is 1.43 bits per heavy atom. The Morgan fingerprint density at radius 3 is 2.76 bits per heavy atom. The van der Waals surface area contributed by atoms with Crippen molar-refractivity contribution < 1.29 is 14.3 Å². The molecule has 1 saturated heterocycles. The van der Waals surface area contributed by atoms with Gasteiger partial charge in [0.25, 0.3) is 0 Å².